The molecule has 0 atom stereocenters. The summed E-state index contributed by atoms with van der Waals surface area (Å²) in [5.74, 6) is 0. The predicted molar refractivity (Wildman–Crippen MR) is 49.1 cm³/mol. The Morgan fingerprint density at radius 1 is 1.46 bits per heavy atom. The van der Waals surface area contributed by atoms with Gasteiger partial charge in [-0.2, -0.15) is 5.26 Å². The van der Waals surface area contributed by atoms with Crippen LogP contribution in [0.25, 0.3) is 0 Å². The summed E-state index contributed by atoms with van der Waals surface area (Å²) in [4.78, 5) is 9.85. The highest BCUT2D eigenvalue weighted by Crippen LogP contribution is 2.14. The Kier molecular flexibility index (Phi) is 4.89. The van der Waals surface area contributed by atoms with Gasteiger partial charge in [0.25, 0.3) is 5.69 Å². The Morgan fingerprint density at radius 2 is 1.92 bits per heavy atom. The molecule has 1 aromatic carbocycles. The van der Waals surface area contributed by atoms with E-state index in [0.29, 0.717) is 5.56 Å². The first-order valence-corrected chi connectivity index (χ1v) is 3.64. The number of nitrogens with zero attached hydrogens (tertiary/aromatic N) is 2. The molecule has 0 aliphatic rings. The zero-order valence-corrected chi connectivity index (χ0v) is 7.52. The summed E-state index contributed by atoms with van der Waals surface area (Å²) in [5, 5.41) is 17.5. The molecule has 0 fully saturated rings. The SMILES string of the molecule is CC#N.Cc1ccccc1[N+](=O)[O-]. The van der Waals surface area contributed by atoms with Crippen molar-refractivity contribution in [2.75, 3.05) is 0 Å². The summed E-state index contributed by atoms with van der Waals surface area (Å²) >= 11 is 0. The number of rotatable bonds is 1. The molecule has 68 valence electrons. The van der Waals surface area contributed by atoms with Gasteiger partial charge < -0.3 is 0 Å². The summed E-state index contributed by atoms with van der Waals surface area (Å²) < 4.78 is 0. The molecule has 0 aliphatic carbocycles. The van der Waals surface area contributed by atoms with Crippen LogP contribution in [0, 0.1) is 28.4 Å². The Labute approximate surface area is 76.6 Å². The van der Waals surface area contributed by atoms with E-state index in [1.807, 2.05) is 0 Å². The van der Waals surface area contributed by atoms with Gasteiger partial charge in [-0.3, -0.25) is 10.1 Å². The molecule has 1 aromatic rings. The van der Waals surface area contributed by atoms with Gasteiger partial charge in [-0.15, -0.1) is 0 Å². The maximum Gasteiger partial charge on any atom is 0.272 e. The van der Waals surface area contributed by atoms with Crippen LogP contribution in [0.4, 0.5) is 5.69 Å². The quantitative estimate of drug-likeness (QED) is 0.490. The molecular weight excluding hydrogens is 168 g/mol. The van der Waals surface area contributed by atoms with Crippen LogP contribution in [0.3, 0.4) is 0 Å². The van der Waals surface area contributed by atoms with Crippen LogP contribution in [0.15, 0.2) is 24.3 Å². The fraction of sp³-hybridized carbons (Fsp3) is 0.222. The van der Waals surface area contributed by atoms with Crippen molar-refractivity contribution >= 4 is 5.69 Å². The zero-order valence-electron chi connectivity index (χ0n) is 7.52. The van der Waals surface area contributed by atoms with Crippen molar-refractivity contribution in [2.45, 2.75) is 13.8 Å². The number of aryl methyl sites for hydroxylation is 1. The molecule has 0 spiro atoms. The lowest BCUT2D eigenvalue weighted by molar-refractivity contribution is -0.385. The van der Waals surface area contributed by atoms with Gasteiger partial charge in [0.1, 0.15) is 0 Å². The van der Waals surface area contributed by atoms with E-state index in [1.54, 1.807) is 31.2 Å². The smallest absolute Gasteiger partial charge is 0.258 e. The van der Waals surface area contributed by atoms with E-state index in [-0.39, 0.29) is 10.6 Å². The van der Waals surface area contributed by atoms with Crippen molar-refractivity contribution < 1.29 is 4.92 Å². The van der Waals surface area contributed by atoms with E-state index in [0.717, 1.165) is 0 Å². The molecule has 13 heavy (non-hydrogen) atoms. The standard InChI is InChI=1S/C7H7NO2.C2H3N/c1-6-4-2-3-5-7(6)8(9)10;1-2-3/h2-5H,1H3;1H3. The van der Waals surface area contributed by atoms with Gasteiger partial charge in [-0.1, -0.05) is 18.2 Å². The second kappa shape index (κ2) is 5.72. The number of hydrogen-bond donors (Lipinski definition) is 0. The summed E-state index contributed by atoms with van der Waals surface area (Å²) in [6.07, 6.45) is 0. The maximum atomic E-state index is 10.2. The van der Waals surface area contributed by atoms with Crippen molar-refractivity contribution in [1.82, 2.24) is 0 Å². The fourth-order valence-electron chi connectivity index (χ4n) is 0.768. The van der Waals surface area contributed by atoms with Crippen LogP contribution in [-0.2, 0) is 0 Å². The molecule has 0 aliphatic heterocycles. The minimum Gasteiger partial charge on any atom is -0.258 e. The molecule has 4 heteroatoms. The molecule has 0 amide bonds. The van der Waals surface area contributed by atoms with Crippen LogP contribution in [-0.4, -0.2) is 4.92 Å². The maximum absolute atomic E-state index is 10.2. The summed E-state index contributed by atoms with van der Waals surface area (Å²) in [7, 11) is 0. The molecule has 0 N–H and O–H groups in total. The number of benzene rings is 1. The van der Waals surface area contributed by atoms with Crippen molar-refractivity contribution in [1.29, 1.82) is 5.26 Å². The average Bonchev–Trinajstić information content (AvgIpc) is 2.06. The lowest BCUT2D eigenvalue weighted by Crippen LogP contribution is -1.89. The third kappa shape index (κ3) is 3.87. The molecule has 0 aromatic heterocycles. The first-order valence-electron chi connectivity index (χ1n) is 3.64. The average molecular weight is 178 g/mol. The number of nitro groups is 1. The van der Waals surface area contributed by atoms with Gasteiger partial charge in [0.15, 0.2) is 0 Å². The van der Waals surface area contributed by atoms with Crippen molar-refractivity contribution in [2.24, 2.45) is 0 Å². The molecule has 0 saturated carbocycles. The van der Waals surface area contributed by atoms with Crippen LogP contribution in [0.1, 0.15) is 12.5 Å². The molecule has 0 saturated heterocycles. The van der Waals surface area contributed by atoms with Gasteiger partial charge in [0.05, 0.1) is 11.0 Å². The molecule has 0 unspecified atom stereocenters. The molecular formula is C9H10N2O2. The van der Waals surface area contributed by atoms with E-state index in [4.69, 9.17) is 5.26 Å². The predicted octanol–water partition coefficient (Wildman–Crippen LogP) is 2.43. The summed E-state index contributed by atoms with van der Waals surface area (Å²) in [6, 6.07) is 8.40. The second-order valence-corrected chi connectivity index (χ2v) is 2.27. The van der Waals surface area contributed by atoms with Crippen LogP contribution in [0.2, 0.25) is 0 Å². The third-order valence-electron chi connectivity index (χ3n) is 1.31. The Balaban J connectivity index is 0.000000424. The van der Waals surface area contributed by atoms with E-state index in [2.05, 4.69) is 0 Å². The number of nitriles is 1. The normalized spacial score (nSPS) is 7.77. The highest BCUT2D eigenvalue weighted by atomic mass is 16.6. The fourth-order valence-corrected chi connectivity index (χ4v) is 0.768. The molecule has 0 radical (unpaired) electrons. The molecule has 4 nitrogen and oxygen atoms in total. The van der Waals surface area contributed by atoms with Crippen LogP contribution in [0.5, 0.6) is 0 Å². The Hall–Kier alpha value is -1.89. The van der Waals surface area contributed by atoms with Crippen molar-refractivity contribution in [3.63, 3.8) is 0 Å². The van der Waals surface area contributed by atoms with Crippen molar-refractivity contribution in [3.05, 3.63) is 39.9 Å². The summed E-state index contributed by atoms with van der Waals surface area (Å²) in [6.45, 7) is 3.15. The van der Waals surface area contributed by atoms with Crippen LogP contribution >= 0.6 is 0 Å². The first kappa shape index (κ1) is 11.1. The lowest BCUT2D eigenvalue weighted by atomic mass is 10.2. The molecule has 0 heterocycles. The van der Waals surface area contributed by atoms with E-state index >= 15 is 0 Å². The van der Waals surface area contributed by atoms with Gasteiger partial charge in [-0.05, 0) is 6.92 Å². The topological polar surface area (TPSA) is 66.9 Å². The first-order chi connectivity index (χ1) is 6.13. The van der Waals surface area contributed by atoms with Gasteiger partial charge >= 0.3 is 0 Å². The van der Waals surface area contributed by atoms with E-state index in [1.165, 1.54) is 13.0 Å². The highest BCUT2D eigenvalue weighted by Gasteiger charge is 2.05. The minimum absolute atomic E-state index is 0.183. The Bertz CT molecular complexity index is 329. The van der Waals surface area contributed by atoms with Crippen molar-refractivity contribution in [3.8, 4) is 6.07 Å². The number of nitro benzene ring substituents is 1. The monoisotopic (exact) mass is 178 g/mol. The van der Waals surface area contributed by atoms with E-state index in [9.17, 15) is 10.1 Å². The minimum atomic E-state index is -0.380. The molecule has 1 rings (SSSR count). The van der Waals surface area contributed by atoms with Gasteiger partial charge in [0.2, 0.25) is 0 Å². The van der Waals surface area contributed by atoms with E-state index < -0.39 is 0 Å². The number of hydrogen-bond acceptors (Lipinski definition) is 3. The highest BCUT2D eigenvalue weighted by molar-refractivity contribution is 5.38. The second-order valence-electron chi connectivity index (χ2n) is 2.27. The largest absolute Gasteiger partial charge is 0.272 e. The Morgan fingerprint density at radius 3 is 2.23 bits per heavy atom. The number of para-hydroxylation sites is 1. The molecule has 0 bridgehead atoms. The zero-order chi connectivity index (χ0) is 10.3. The third-order valence-corrected chi connectivity index (χ3v) is 1.31. The van der Waals surface area contributed by atoms with Gasteiger partial charge in [-0.25, -0.2) is 0 Å². The van der Waals surface area contributed by atoms with Gasteiger partial charge in [0, 0.05) is 18.6 Å². The van der Waals surface area contributed by atoms with Crippen LogP contribution < -0.4 is 0 Å². The lowest BCUT2D eigenvalue weighted by Gasteiger charge is -1.92. The summed E-state index contributed by atoms with van der Waals surface area (Å²) in [5.41, 5.74) is 0.884.